The summed E-state index contributed by atoms with van der Waals surface area (Å²) in [7, 11) is 0. The fraction of sp³-hybridized carbons (Fsp3) is 0.188. The Hall–Kier alpha value is -2.88. The molecule has 6 nitrogen and oxygen atoms in total. The van der Waals surface area contributed by atoms with Gasteiger partial charge in [0.1, 0.15) is 6.54 Å². The molecule has 1 amide bonds. The maximum Gasteiger partial charge on any atom is 0.247 e. The predicted molar refractivity (Wildman–Crippen MR) is 88.2 cm³/mol. The van der Waals surface area contributed by atoms with E-state index in [1.807, 2.05) is 0 Å². The molecule has 0 fully saturated rings. The topological polar surface area (TPSA) is 64.7 Å². The van der Waals surface area contributed by atoms with Crippen molar-refractivity contribution in [2.24, 2.45) is 0 Å². The zero-order chi connectivity index (χ0) is 19.7. The van der Waals surface area contributed by atoms with Crippen molar-refractivity contribution in [1.82, 2.24) is 19.6 Å². The molecule has 27 heavy (non-hydrogen) atoms. The quantitative estimate of drug-likeness (QED) is 0.527. The maximum absolute atomic E-state index is 13.7. The number of nitrogens with one attached hydrogen (secondary N) is 1. The van der Waals surface area contributed by atoms with Gasteiger partial charge in [-0.3, -0.25) is 14.2 Å². The third-order valence-corrected chi connectivity index (χ3v) is 3.99. The van der Waals surface area contributed by atoms with Crippen molar-refractivity contribution in [3.63, 3.8) is 0 Å². The summed E-state index contributed by atoms with van der Waals surface area (Å²) in [6.45, 7) is 1.00. The zero-order valence-electron chi connectivity index (χ0n) is 13.8. The molecule has 0 saturated heterocycles. The number of aromatic nitrogens is 4. The number of nitrogens with zero attached hydrogens (tertiary/aromatic N) is 4. The van der Waals surface area contributed by atoms with Gasteiger partial charge in [-0.15, -0.1) is 0 Å². The number of carbonyl (C=O) groups is 1. The van der Waals surface area contributed by atoms with E-state index in [0.717, 1.165) is 4.68 Å². The summed E-state index contributed by atoms with van der Waals surface area (Å²) in [5, 5.41) is 10.8. The first-order valence-corrected chi connectivity index (χ1v) is 7.97. The molecule has 0 aliphatic rings. The van der Waals surface area contributed by atoms with E-state index in [-0.39, 0.29) is 18.4 Å². The highest BCUT2D eigenvalue weighted by atomic mass is 35.5. The predicted octanol–water partition coefficient (Wildman–Crippen LogP) is 3.28. The van der Waals surface area contributed by atoms with E-state index < -0.39 is 41.3 Å². The SMILES string of the molecule is Cc1nn(CC(=O)Nc2ccn(Cc3c(F)c(F)cc(F)c3F)n2)cc1Cl. The summed E-state index contributed by atoms with van der Waals surface area (Å²) in [6, 6.07) is 1.50. The highest BCUT2D eigenvalue weighted by molar-refractivity contribution is 6.31. The van der Waals surface area contributed by atoms with Crippen LogP contribution in [0.5, 0.6) is 0 Å². The van der Waals surface area contributed by atoms with Gasteiger partial charge in [-0.2, -0.15) is 10.2 Å². The fourth-order valence-corrected chi connectivity index (χ4v) is 2.49. The van der Waals surface area contributed by atoms with E-state index in [1.165, 1.54) is 23.1 Å². The monoisotopic (exact) mass is 401 g/mol. The summed E-state index contributed by atoms with van der Waals surface area (Å²) < 4.78 is 56.3. The van der Waals surface area contributed by atoms with Crippen molar-refractivity contribution in [3.05, 3.63) is 64.1 Å². The van der Waals surface area contributed by atoms with Crippen LogP contribution in [0.15, 0.2) is 24.5 Å². The molecule has 2 heterocycles. The standard InChI is InChI=1S/C16H12ClF4N5O/c1-8-10(17)6-26(23-8)7-14(27)22-13-2-3-25(24-13)5-9-15(20)11(18)4-12(19)16(9)21/h2-4,6H,5,7H2,1H3,(H,22,24,27). The van der Waals surface area contributed by atoms with Crippen LogP contribution in [0, 0.1) is 30.2 Å². The molecule has 1 aromatic carbocycles. The lowest BCUT2D eigenvalue weighted by molar-refractivity contribution is -0.116. The number of amides is 1. The van der Waals surface area contributed by atoms with E-state index in [2.05, 4.69) is 15.5 Å². The van der Waals surface area contributed by atoms with Gasteiger partial charge < -0.3 is 5.32 Å². The molecule has 2 aromatic heterocycles. The molecule has 0 radical (unpaired) electrons. The summed E-state index contributed by atoms with van der Waals surface area (Å²) in [5.41, 5.74) is -0.241. The van der Waals surface area contributed by atoms with Crippen molar-refractivity contribution in [1.29, 1.82) is 0 Å². The minimum absolute atomic E-state index is 0.0904. The molecule has 0 unspecified atom stereocenters. The highest BCUT2D eigenvalue weighted by Crippen LogP contribution is 2.20. The van der Waals surface area contributed by atoms with Crippen molar-refractivity contribution >= 4 is 23.3 Å². The van der Waals surface area contributed by atoms with Gasteiger partial charge in [0.05, 0.1) is 22.8 Å². The number of benzene rings is 1. The Balaban J connectivity index is 1.69. The highest BCUT2D eigenvalue weighted by Gasteiger charge is 2.19. The van der Waals surface area contributed by atoms with Gasteiger partial charge in [0.2, 0.25) is 5.91 Å². The lowest BCUT2D eigenvalue weighted by atomic mass is 10.2. The van der Waals surface area contributed by atoms with Crippen LogP contribution in [0.3, 0.4) is 0 Å². The van der Waals surface area contributed by atoms with Crippen LogP contribution >= 0.6 is 11.6 Å². The smallest absolute Gasteiger partial charge is 0.247 e. The molecule has 0 aliphatic heterocycles. The largest absolute Gasteiger partial charge is 0.308 e. The number of hydrogen-bond acceptors (Lipinski definition) is 3. The van der Waals surface area contributed by atoms with Gasteiger partial charge in [-0.25, -0.2) is 17.6 Å². The number of carbonyl (C=O) groups excluding carboxylic acids is 1. The Morgan fingerprint density at radius 1 is 1.15 bits per heavy atom. The summed E-state index contributed by atoms with van der Waals surface area (Å²) in [4.78, 5) is 12.0. The minimum Gasteiger partial charge on any atom is -0.308 e. The average Bonchev–Trinajstić information content (AvgIpc) is 3.16. The molecule has 0 aliphatic carbocycles. The Morgan fingerprint density at radius 2 is 1.81 bits per heavy atom. The number of halogens is 5. The normalized spacial score (nSPS) is 11.0. The van der Waals surface area contributed by atoms with Crippen LogP contribution < -0.4 is 5.32 Å². The molecule has 11 heteroatoms. The number of rotatable bonds is 5. The lowest BCUT2D eigenvalue weighted by Crippen LogP contribution is -2.19. The second kappa shape index (κ2) is 7.39. The lowest BCUT2D eigenvalue weighted by Gasteiger charge is -2.07. The van der Waals surface area contributed by atoms with Crippen LogP contribution in [0.25, 0.3) is 0 Å². The fourth-order valence-electron chi connectivity index (χ4n) is 2.34. The van der Waals surface area contributed by atoms with Gasteiger partial charge in [0, 0.05) is 24.5 Å². The van der Waals surface area contributed by atoms with Gasteiger partial charge in [0.25, 0.3) is 0 Å². The molecule has 3 aromatic rings. The van der Waals surface area contributed by atoms with Crippen LogP contribution in [0.4, 0.5) is 23.4 Å². The maximum atomic E-state index is 13.7. The minimum atomic E-state index is -1.50. The number of hydrogen-bond donors (Lipinski definition) is 1. The van der Waals surface area contributed by atoms with Crippen LogP contribution in [-0.4, -0.2) is 25.5 Å². The molecular weight excluding hydrogens is 390 g/mol. The van der Waals surface area contributed by atoms with Crippen molar-refractivity contribution in [2.75, 3.05) is 5.32 Å². The Kier molecular flexibility index (Phi) is 5.17. The second-order valence-electron chi connectivity index (χ2n) is 5.65. The van der Waals surface area contributed by atoms with Crippen molar-refractivity contribution < 1.29 is 22.4 Å². The summed E-state index contributed by atoms with van der Waals surface area (Å²) in [6.07, 6.45) is 2.78. The average molecular weight is 402 g/mol. The first-order chi connectivity index (χ1) is 12.7. The first-order valence-electron chi connectivity index (χ1n) is 7.59. The molecule has 0 saturated carbocycles. The molecule has 3 rings (SSSR count). The van der Waals surface area contributed by atoms with Gasteiger partial charge >= 0.3 is 0 Å². The Morgan fingerprint density at radius 3 is 2.41 bits per heavy atom. The molecular formula is C16H12ClF4N5O. The summed E-state index contributed by atoms with van der Waals surface area (Å²) in [5.74, 6) is -6.38. The number of aryl methyl sites for hydroxylation is 1. The Labute approximate surface area is 155 Å². The van der Waals surface area contributed by atoms with Gasteiger partial charge in [0.15, 0.2) is 29.1 Å². The van der Waals surface area contributed by atoms with E-state index in [4.69, 9.17) is 11.6 Å². The van der Waals surface area contributed by atoms with Crippen LogP contribution in [0.2, 0.25) is 5.02 Å². The first kappa shape index (κ1) is 18.9. The van der Waals surface area contributed by atoms with Crippen molar-refractivity contribution in [3.8, 4) is 0 Å². The Bertz CT molecular complexity index is 971. The third-order valence-electron chi connectivity index (χ3n) is 3.62. The van der Waals surface area contributed by atoms with Gasteiger partial charge in [-0.1, -0.05) is 11.6 Å². The van der Waals surface area contributed by atoms with Crippen LogP contribution in [-0.2, 0) is 17.9 Å². The van der Waals surface area contributed by atoms with Crippen LogP contribution in [0.1, 0.15) is 11.3 Å². The second-order valence-corrected chi connectivity index (χ2v) is 6.06. The molecule has 1 N–H and O–H groups in total. The van der Waals surface area contributed by atoms with Gasteiger partial charge in [-0.05, 0) is 6.92 Å². The van der Waals surface area contributed by atoms with E-state index in [1.54, 1.807) is 6.92 Å². The molecule has 0 spiro atoms. The molecule has 142 valence electrons. The van der Waals surface area contributed by atoms with Crippen molar-refractivity contribution in [2.45, 2.75) is 20.0 Å². The molecule has 0 atom stereocenters. The third kappa shape index (κ3) is 4.11. The van der Waals surface area contributed by atoms with E-state index in [0.29, 0.717) is 10.7 Å². The van der Waals surface area contributed by atoms with E-state index >= 15 is 0 Å². The number of anilines is 1. The molecule has 0 bridgehead atoms. The zero-order valence-corrected chi connectivity index (χ0v) is 14.6. The summed E-state index contributed by atoms with van der Waals surface area (Å²) >= 11 is 5.86. The van der Waals surface area contributed by atoms with E-state index in [9.17, 15) is 22.4 Å².